The molecular weight excluding hydrogens is 250 g/mol. The van der Waals surface area contributed by atoms with E-state index in [-0.39, 0.29) is 5.91 Å². The van der Waals surface area contributed by atoms with Crippen LogP contribution in [0.3, 0.4) is 0 Å². The number of hydrogen-bond donors (Lipinski definition) is 2. The van der Waals surface area contributed by atoms with E-state index in [9.17, 15) is 4.79 Å². The molecule has 1 atom stereocenters. The highest BCUT2D eigenvalue weighted by molar-refractivity contribution is 5.93. The zero-order valence-corrected chi connectivity index (χ0v) is 12.5. The number of hydrogen-bond acceptors (Lipinski definition) is 3. The molecule has 1 aliphatic rings. The summed E-state index contributed by atoms with van der Waals surface area (Å²) in [6.07, 6.45) is 3.17. The number of aryl methyl sites for hydroxylation is 2. The summed E-state index contributed by atoms with van der Waals surface area (Å²) in [7, 11) is 0. The summed E-state index contributed by atoms with van der Waals surface area (Å²) in [5.74, 6) is 0.0642. The minimum atomic E-state index is 0.0642. The first kappa shape index (κ1) is 15.0. The second-order valence-electron chi connectivity index (χ2n) is 5.51. The number of anilines is 1. The van der Waals surface area contributed by atoms with E-state index in [0.29, 0.717) is 19.1 Å². The van der Waals surface area contributed by atoms with E-state index in [2.05, 4.69) is 23.2 Å². The SMILES string of the molecule is CCc1cccc(C)c1NC(=O)CN1CCCC1CN. The van der Waals surface area contributed by atoms with Crippen LogP contribution in [-0.2, 0) is 11.2 Å². The van der Waals surface area contributed by atoms with Gasteiger partial charge in [-0.05, 0) is 43.9 Å². The van der Waals surface area contributed by atoms with Crippen molar-refractivity contribution in [1.82, 2.24) is 4.90 Å². The quantitative estimate of drug-likeness (QED) is 0.863. The van der Waals surface area contributed by atoms with E-state index < -0.39 is 0 Å². The number of likely N-dealkylation sites (tertiary alicyclic amines) is 1. The Morgan fingerprint density at radius 3 is 3.00 bits per heavy atom. The lowest BCUT2D eigenvalue weighted by molar-refractivity contribution is -0.117. The number of para-hydroxylation sites is 1. The van der Waals surface area contributed by atoms with Crippen molar-refractivity contribution in [2.75, 3.05) is 25.0 Å². The maximum atomic E-state index is 12.3. The van der Waals surface area contributed by atoms with Gasteiger partial charge in [-0.25, -0.2) is 0 Å². The van der Waals surface area contributed by atoms with Crippen LogP contribution in [0.25, 0.3) is 0 Å². The molecule has 1 aliphatic heterocycles. The van der Waals surface area contributed by atoms with Crippen LogP contribution in [0.15, 0.2) is 18.2 Å². The maximum absolute atomic E-state index is 12.3. The van der Waals surface area contributed by atoms with Crippen LogP contribution in [0, 0.1) is 6.92 Å². The minimum Gasteiger partial charge on any atom is -0.329 e. The van der Waals surface area contributed by atoms with E-state index in [1.165, 1.54) is 5.56 Å². The van der Waals surface area contributed by atoms with Gasteiger partial charge < -0.3 is 11.1 Å². The van der Waals surface area contributed by atoms with Crippen LogP contribution < -0.4 is 11.1 Å². The number of carbonyl (C=O) groups excluding carboxylic acids is 1. The first-order valence-corrected chi connectivity index (χ1v) is 7.48. The Kier molecular flexibility index (Phi) is 5.15. The molecule has 1 saturated heterocycles. The van der Waals surface area contributed by atoms with E-state index in [0.717, 1.165) is 37.1 Å². The van der Waals surface area contributed by atoms with Crippen molar-refractivity contribution in [3.63, 3.8) is 0 Å². The Hall–Kier alpha value is -1.39. The highest BCUT2D eigenvalue weighted by Gasteiger charge is 2.25. The van der Waals surface area contributed by atoms with Gasteiger partial charge in [0.2, 0.25) is 5.91 Å². The third-order valence-electron chi connectivity index (χ3n) is 4.12. The molecule has 1 heterocycles. The number of nitrogens with two attached hydrogens (primary N) is 1. The molecule has 3 N–H and O–H groups in total. The molecule has 0 spiro atoms. The van der Waals surface area contributed by atoms with Crippen molar-refractivity contribution < 1.29 is 4.79 Å². The van der Waals surface area contributed by atoms with Crippen molar-refractivity contribution in [3.05, 3.63) is 29.3 Å². The Labute approximate surface area is 121 Å². The predicted octanol–water partition coefficient (Wildman–Crippen LogP) is 1.92. The molecule has 0 aliphatic carbocycles. The van der Waals surface area contributed by atoms with Gasteiger partial charge in [-0.1, -0.05) is 25.1 Å². The largest absolute Gasteiger partial charge is 0.329 e. The number of benzene rings is 1. The van der Waals surface area contributed by atoms with Gasteiger partial charge in [0.1, 0.15) is 0 Å². The fourth-order valence-electron chi connectivity index (χ4n) is 2.94. The molecule has 2 rings (SSSR count). The maximum Gasteiger partial charge on any atom is 0.238 e. The van der Waals surface area contributed by atoms with Gasteiger partial charge >= 0.3 is 0 Å². The topological polar surface area (TPSA) is 58.4 Å². The van der Waals surface area contributed by atoms with E-state index in [4.69, 9.17) is 5.73 Å². The first-order valence-electron chi connectivity index (χ1n) is 7.48. The van der Waals surface area contributed by atoms with Gasteiger partial charge in [-0.15, -0.1) is 0 Å². The zero-order chi connectivity index (χ0) is 14.5. The van der Waals surface area contributed by atoms with Crippen LogP contribution in [0.1, 0.15) is 30.9 Å². The van der Waals surface area contributed by atoms with Crippen LogP contribution in [0.4, 0.5) is 5.69 Å². The third-order valence-corrected chi connectivity index (χ3v) is 4.12. The molecule has 1 amide bonds. The van der Waals surface area contributed by atoms with Crippen LogP contribution >= 0.6 is 0 Å². The van der Waals surface area contributed by atoms with Crippen molar-refractivity contribution in [2.45, 2.75) is 39.2 Å². The van der Waals surface area contributed by atoms with E-state index >= 15 is 0 Å². The molecule has 4 heteroatoms. The Balaban J connectivity index is 2.01. The minimum absolute atomic E-state index is 0.0642. The second-order valence-corrected chi connectivity index (χ2v) is 5.51. The lowest BCUT2D eigenvalue weighted by atomic mass is 10.1. The van der Waals surface area contributed by atoms with Crippen LogP contribution in [0.2, 0.25) is 0 Å². The molecule has 1 aromatic rings. The molecule has 0 saturated carbocycles. The number of carbonyl (C=O) groups is 1. The zero-order valence-electron chi connectivity index (χ0n) is 12.5. The summed E-state index contributed by atoms with van der Waals surface area (Å²) in [5.41, 5.74) is 9.03. The van der Waals surface area contributed by atoms with Crippen molar-refractivity contribution >= 4 is 11.6 Å². The highest BCUT2D eigenvalue weighted by Crippen LogP contribution is 2.21. The highest BCUT2D eigenvalue weighted by atomic mass is 16.2. The number of rotatable bonds is 5. The first-order chi connectivity index (χ1) is 9.65. The Morgan fingerprint density at radius 1 is 1.50 bits per heavy atom. The fourth-order valence-corrected chi connectivity index (χ4v) is 2.94. The Morgan fingerprint density at radius 2 is 2.30 bits per heavy atom. The van der Waals surface area contributed by atoms with Gasteiger partial charge in [0.15, 0.2) is 0 Å². The summed E-state index contributed by atoms with van der Waals surface area (Å²) >= 11 is 0. The number of nitrogens with zero attached hydrogens (tertiary/aromatic N) is 1. The van der Waals surface area contributed by atoms with Crippen LogP contribution in [0.5, 0.6) is 0 Å². The third kappa shape index (κ3) is 3.38. The second kappa shape index (κ2) is 6.86. The lowest BCUT2D eigenvalue weighted by Gasteiger charge is -2.23. The molecular formula is C16H25N3O. The number of nitrogens with one attached hydrogen (secondary N) is 1. The molecule has 4 nitrogen and oxygen atoms in total. The van der Waals surface area contributed by atoms with Gasteiger partial charge in [-0.3, -0.25) is 9.69 Å². The molecule has 0 bridgehead atoms. The Bertz CT molecular complexity index is 473. The average Bonchev–Trinajstić information content (AvgIpc) is 2.88. The summed E-state index contributed by atoms with van der Waals surface area (Å²) in [4.78, 5) is 14.5. The lowest BCUT2D eigenvalue weighted by Crippen LogP contribution is -2.40. The number of amides is 1. The van der Waals surface area contributed by atoms with Crippen LogP contribution in [-0.4, -0.2) is 36.5 Å². The smallest absolute Gasteiger partial charge is 0.238 e. The molecule has 20 heavy (non-hydrogen) atoms. The normalized spacial score (nSPS) is 19.2. The summed E-state index contributed by atoms with van der Waals surface area (Å²) < 4.78 is 0. The van der Waals surface area contributed by atoms with E-state index in [1.54, 1.807) is 0 Å². The summed E-state index contributed by atoms with van der Waals surface area (Å²) in [6, 6.07) is 6.51. The summed E-state index contributed by atoms with van der Waals surface area (Å²) in [5, 5.41) is 3.08. The molecule has 1 unspecified atom stereocenters. The molecule has 1 aromatic carbocycles. The summed E-state index contributed by atoms with van der Waals surface area (Å²) in [6.45, 7) is 6.20. The fraction of sp³-hybridized carbons (Fsp3) is 0.562. The molecule has 110 valence electrons. The van der Waals surface area contributed by atoms with E-state index in [1.807, 2.05) is 19.1 Å². The van der Waals surface area contributed by atoms with Crippen molar-refractivity contribution in [3.8, 4) is 0 Å². The van der Waals surface area contributed by atoms with Gasteiger partial charge in [0, 0.05) is 18.3 Å². The molecule has 0 aromatic heterocycles. The average molecular weight is 275 g/mol. The van der Waals surface area contributed by atoms with Crippen molar-refractivity contribution in [2.24, 2.45) is 5.73 Å². The predicted molar refractivity (Wildman–Crippen MR) is 82.8 cm³/mol. The monoisotopic (exact) mass is 275 g/mol. The molecule has 1 fully saturated rings. The van der Waals surface area contributed by atoms with Gasteiger partial charge in [-0.2, -0.15) is 0 Å². The van der Waals surface area contributed by atoms with Crippen molar-refractivity contribution in [1.29, 1.82) is 0 Å². The van der Waals surface area contributed by atoms with Gasteiger partial charge in [0.25, 0.3) is 0 Å². The standard InChI is InChI=1S/C16H25N3O/c1-3-13-7-4-6-12(2)16(13)18-15(20)11-19-9-5-8-14(19)10-17/h4,6-7,14H,3,5,8-11,17H2,1-2H3,(H,18,20). The van der Waals surface area contributed by atoms with Gasteiger partial charge in [0.05, 0.1) is 6.54 Å². The molecule has 0 radical (unpaired) electrons.